The minimum absolute atomic E-state index is 0.240. The van der Waals surface area contributed by atoms with Gasteiger partial charge in [-0.2, -0.15) is 0 Å². The number of fused-ring (bicyclic) bond motifs is 2. The highest BCUT2D eigenvalue weighted by Gasteiger charge is 2.69. The van der Waals surface area contributed by atoms with E-state index in [1.54, 1.807) is 0 Å². The van der Waals surface area contributed by atoms with E-state index in [-0.39, 0.29) is 17.1 Å². The predicted molar refractivity (Wildman–Crippen MR) is 68.0 cm³/mol. The summed E-state index contributed by atoms with van der Waals surface area (Å²) < 4.78 is 26.4. The van der Waals surface area contributed by atoms with Crippen molar-refractivity contribution in [3.8, 4) is 0 Å². The van der Waals surface area contributed by atoms with Crippen LogP contribution in [0.5, 0.6) is 0 Å². The van der Waals surface area contributed by atoms with E-state index in [1.807, 2.05) is 25.5 Å². The number of carbonyl (C=O) groups excluding carboxylic acids is 1. The second-order valence-corrected chi connectivity index (χ2v) is 8.13. The van der Waals surface area contributed by atoms with E-state index in [4.69, 9.17) is 5.11 Å². The molecule has 0 amide bonds. The summed E-state index contributed by atoms with van der Waals surface area (Å²) in [5.74, 6) is -1.77. The zero-order valence-electron chi connectivity index (χ0n) is 11.3. The van der Waals surface area contributed by atoms with Gasteiger partial charge in [0.2, 0.25) is 10.0 Å². The predicted octanol–water partition coefficient (Wildman–Crippen LogP) is 0.384. The Labute approximate surface area is 112 Å². The SMILES string of the molecule is CC12CCC(C(S(=O)(=O)NCC(=O)O)C1=O)C2(C)C. The van der Waals surface area contributed by atoms with Crippen molar-refractivity contribution in [3.05, 3.63) is 0 Å². The molecule has 2 bridgehead atoms. The Morgan fingerprint density at radius 2 is 2.00 bits per heavy atom. The summed E-state index contributed by atoms with van der Waals surface area (Å²) >= 11 is 0. The Balaban J connectivity index is 2.33. The van der Waals surface area contributed by atoms with Gasteiger partial charge in [-0.3, -0.25) is 9.59 Å². The standard InChI is InChI=1S/C12H19NO5S/c1-11(2)7-4-5-12(11,3)10(16)9(7)19(17,18)13-6-8(14)15/h7,9,13H,4-6H2,1-3H3,(H,14,15). The minimum atomic E-state index is -3.92. The summed E-state index contributed by atoms with van der Waals surface area (Å²) in [7, 11) is -3.92. The van der Waals surface area contributed by atoms with Crippen molar-refractivity contribution in [2.24, 2.45) is 16.7 Å². The molecule has 0 saturated heterocycles. The number of Topliss-reactive ketones (excluding diaryl/α,β-unsaturated/α-hetero) is 1. The highest BCUT2D eigenvalue weighted by Crippen LogP contribution is 2.64. The van der Waals surface area contributed by atoms with Crippen molar-refractivity contribution in [2.75, 3.05) is 6.54 Å². The number of carboxylic acids is 1. The van der Waals surface area contributed by atoms with Crippen LogP contribution in [0.3, 0.4) is 0 Å². The molecule has 19 heavy (non-hydrogen) atoms. The zero-order valence-corrected chi connectivity index (χ0v) is 12.1. The van der Waals surface area contributed by atoms with Crippen molar-refractivity contribution in [2.45, 2.75) is 38.9 Å². The summed E-state index contributed by atoms with van der Waals surface area (Å²) in [5, 5.41) is 7.45. The summed E-state index contributed by atoms with van der Waals surface area (Å²) in [5.41, 5.74) is -0.993. The van der Waals surface area contributed by atoms with Gasteiger partial charge in [0.1, 0.15) is 11.8 Å². The van der Waals surface area contributed by atoms with Gasteiger partial charge in [0.15, 0.2) is 5.78 Å². The van der Waals surface area contributed by atoms with Gasteiger partial charge in [-0.1, -0.05) is 20.8 Å². The van der Waals surface area contributed by atoms with E-state index in [9.17, 15) is 18.0 Å². The number of aliphatic carboxylic acids is 1. The number of hydrogen-bond donors (Lipinski definition) is 2. The van der Waals surface area contributed by atoms with Gasteiger partial charge in [0.25, 0.3) is 0 Å². The molecule has 0 spiro atoms. The Bertz CT molecular complexity index is 538. The molecule has 0 aromatic carbocycles. The molecular formula is C12H19NO5S. The Morgan fingerprint density at radius 1 is 1.42 bits per heavy atom. The first-order valence-electron chi connectivity index (χ1n) is 6.28. The van der Waals surface area contributed by atoms with Crippen LogP contribution in [0.1, 0.15) is 33.6 Å². The maximum Gasteiger partial charge on any atom is 0.318 e. The van der Waals surface area contributed by atoms with Gasteiger partial charge < -0.3 is 5.11 Å². The third-order valence-corrected chi connectivity index (χ3v) is 6.99. The first-order chi connectivity index (χ1) is 8.54. The largest absolute Gasteiger partial charge is 0.480 e. The summed E-state index contributed by atoms with van der Waals surface area (Å²) in [6, 6.07) is 0. The summed E-state index contributed by atoms with van der Waals surface area (Å²) in [6.45, 7) is 4.99. The number of rotatable bonds is 4. The van der Waals surface area contributed by atoms with Gasteiger partial charge in [-0.25, -0.2) is 13.1 Å². The van der Waals surface area contributed by atoms with E-state index in [0.29, 0.717) is 12.8 Å². The van der Waals surface area contributed by atoms with Crippen LogP contribution in [0.25, 0.3) is 0 Å². The second kappa shape index (κ2) is 4.02. The van der Waals surface area contributed by atoms with Gasteiger partial charge in [-0.15, -0.1) is 0 Å². The molecule has 0 aromatic heterocycles. The molecule has 3 unspecified atom stereocenters. The van der Waals surface area contributed by atoms with Crippen molar-refractivity contribution in [1.82, 2.24) is 4.72 Å². The molecule has 108 valence electrons. The van der Waals surface area contributed by atoms with E-state index >= 15 is 0 Å². The molecule has 3 atom stereocenters. The number of carboxylic acid groups (broad SMARTS) is 1. The Kier molecular flexibility index (Phi) is 3.06. The molecule has 2 saturated carbocycles. The fraction of sp³-hybridized carbons (Fsp3) is 0.833. The molecule has 0 aliphatic heterocycles. The first-order valence-corrected chi connectivity index (χ1v) is 7.83. The minimum Gasteiger partial charge on any atom is -0.480 e. The number of carbonyl (C=O) groups is 2. The van der Waals surface area contributed by atoms with E-state index in [0.717, 1.165) is 0 Å². The lowest BCUT2D eigenvalue weighted by atomic mass is 9.70. The Hall–Kier alpha value is -0.950. The molecule has 2 aliphatic carbocycles. The first kappa shape index (κ1) is 14.5. The van der Waals surface area contributed by atoms with Crippen LogP contribution in [0.2, 0.25) is 0 Å². The molecule has 0 heterocycles. The fourth-order valence-corrected chi connectivity index (χ4v) is 5.57. The molecule has 6 nitrogen and oxygen atoms in total. The maximum atomic E-state index is 12.4. The molecule has 2 fully saturated rings. The lowest BCUT2D eigenvalue weighted by molar-refractivity contribution is -0.135. The zero-order chi connectivity index (χ0) is 14.6. The van der Waals surface area contributed by atoms with Crippen molar-refractivity contribution in [1.29, 1.82) is 0 Å². The molecule has 2 aliphatic rings. The fourth-order valence-electron chi connectivity index (χ4n) is 3.61. The van der Waals surface area contributed by atoms with Crippen LogP contribution in [-0.2, 0) is 19.6 Å². The quantitative estimate of drug-likeness (QED) is 0.779. The highest BCUT2D eigenvalue weighted by molar-refractivity contribution is 7.91. The number of nitrogens with one attached hydrogen (secondary N) is 1. The smallest absolute Gasteiger partial charge is 0.318 e. The van der Waals surface area contributed by atoms with Crippen molar-refractivity contribution >= 4 is 21.8 Å². The number of ketones is 1. The highest BCUT2D eigenvalue weighted by atomic mass is 32.2. The van der Waals surface area contributed by atoms with Gasteiger partial charge in [0.05, 0.1) is 0 Å². The molecular weight excluding hydrogens is 270 g/mol. The van der Waals surface area contributed by atoms with Crippen molar-refractivity contribution in [3.63, 3.8) is 0 Å². The topological polar surface area (TPSA) is 101 Å². The van der Waals surface area contributed by atoms with E-state index in [2.05, 4.69) is 0 Å². The molecule has 7 heteroatoms. The molecule has 2 N–H and O–H groups in total. The van der Waals surface area contributed by atoms with Crippen LogP contribution in [0, 0.1) is 16.7 Å². The van der Waals surface area contributed by atoms with Crippen LogP contribution in [0.15, 0.2) is 0 Å². The summed E-state index contributed by atoms with van der Waals surface area (Å²) in [4.78, 5) is 22.9. The normalized spacial score (nSPS) is 36.7. The van der Waals surface area contributed by atoms with Crippen LogP contribution in [0.4, 0.5) is 0 Å². The number of sulfonamides is 1. The summed E-state index contributed by atoms with van der Waals surface area (Å²) in [6.07, 6.45) is 1.39. The van der Waals surface area contributed by atoms with Gasteiger partial charge in [-0.05, 0) is 24.2 Å². The van der Waals surface area contributed by atoms with Crippen LogP contribution < -0.4 is 4.72 Å². The van der Waals surface area contributed by atoms with Crippen LogP contribution in [-0.4, -0.2) is 37.1 Å². The van der Waals surface area contributed by atoms with Gasteiger partial charge in [0, 0.05) is 5.41 Å². The van der Waals surface area contributed by atoms with Crippen LogP contribution >= 0.6 is 0 Å². The third kappa shape index (κ3) is 1.82. The maximum absolute atomic E-state index is 12.4. The second-order valence-electron chi connectivity index (χ2n) is 6.24. The average Bonchev–Trinajstić information content (AvgIpc) is 2.58. The van der Waals surface area contributed by atoms with Gasteiger partial charge >= 0.3 is 5.97 Å². The third-order valence-electron chi connectivity index (χ3n) is 5.23. The van der Waals surface area contributed by atoms with E-state index < -0.39 is 33.2 Å². The lowest BCUT2D eigenvalue weighted by Gasteiger charge is -2.32. The molecule has 0 aromatic rings. The molecule has 2 rings (SSSR count). The Morgan fingerprint density at radius 3 is 2.42 bits per heavy atom. The average molecular weight is 289 g/mol. The molecule has 0 radical (unpaired) electrons. The van der Waals surface area contributed by atoms with E-state index in [1.165, 1.54) is 0 Å². The number of hydrogen-bond acceptors (Lipinski definition) is 4. The monoisotopic (exact) mass is 289 g/mol. The van der Waals surface area contributed by atoms with Crippen molar-refractivity contribution < 1.29 is 23.1 Å². The lowest BCUT2D eigenvalue weighted by Crippen LogP contribution is -2.46.